The number of hydrogen-bond donors (Lipinski definition) is 2. The Balaban J connectivity index is 1.95. The van der Waals surface area contributed by atoms with E-state index in [1.807, 2.05) is 13.8 Å². The highest BCUT2D eigenvalue weighted by atomic mass is 32.1. The third kappa shape index (κ3) is 6.49. The average Bonchev–Trinajstić information content (AvgIpc) is 2.73. The van der Waals surface area contributed by atoms with Crippen molar-refractivity contribution >= 4 is 46.6 Å². The summed E-state index contributed by atoms with van der Waals surface area (Å²) in [4.78, 5) is 36.4. The van der Waals surface area contributed by atoms with E-state index >= 15 is 0 Å². The lowest BCUT2D eigenvalue weighted by Gasteiger charge is -2.19. The molecule has 2 aromatic rings. The smallest absolute Gasteiger partial charge is 0.269 e. The molecule has 0 heterocycles. The Kier molecular flexibility index (Phi) is 8.18. The molecule has 2 amide bonds. The van der Waals surface area contributed by atoms with Crippen molar-refractivity contribution in [2.24, 2.45) is 0 Å². The van der Waals surface area contributed by atoms with Crippen LogP contribution in [0, 0.1) is 10.1 Å². The molecule has 0 radical (unpaired) electrons. The first kappa shape index (κ1) is 22.7. The van der Waals surface area contributed by atoms with E-state index in [1.165, 1.54) is 36.4 Å². The normalized spacial score (nSPS) is 10.5. The Labute approximate surface area is 179 Å². The van der Waals surface area contributed by atoms with Crippen molar-refractivity contribution in [1.82, 2.24) is 10.2 Å². The highest BCUT2D eigenvalue weighted by Crippen LogP contribution is 2.14. The van der Waals surface area contributed by atoms with E-state index in [-0.39, 0.29) is 16.7 Å². The number of carbonyl (C=O) groups is 2. The summed E-state index contributed by atoms with van der Waals surface area (Å²) < 4.78 is 0. The van der Waals surface area contributed by atoms with Crippen molar-refractivity contribution in [2.75, 3.05) is 18.4 Å². The number of nitro groups is 1. The minimum atomic E-state index is -0.491. The van der Waals surface area contributed by atoms with E-state index in [0.29, 0.717) is 29.9 Å². The molecule has 0 aliphatic heterocycles. The zero-order chi connectivity index (χ0) is 22.1. The van der Waals surface area contributed by atoms with Crippen molar-refractivity contribution in [3.05, 3.63) is 75.8 Å². The van der Waals surface area contributed by atoms with Crippen molar-refractivity contribution < 1.29 is 14.5 Å². The van der Waals surface area contributed by atoms with Crippen LogP contribution in [0.3, 0.4) is 0 Å². The van der Waals surface area contributed by atoms with Gasteiger partial charge in [0.05, 0.1) is 4.92 Å². The maximum Gasteiger partial charge on any atom is 0.269 e. The van der Waals surface area contributed by atoms with Gasteiger partial charge in [0, 0.05) is 42.5 Å². The molecule has 0 fully saturated rings. The first-order valence-electron chi connectivity index (χ1n) is 9.27. The fraction of sp³-hybridized carbons (Fsp3) is 0.190. The van der Waals surface area contributed by atoms with Gasteiger partial charge >= 0.3 is 0 Å². The Hall–Kier alpha value is -3.59. The number of nitrogens with zero attached hydrogens (tertiary/aromatic N) is 2. The lowest BCUT2D eigenvalue weighted by Crippen LogP contribution is -2.33. The number of anilines is 1. The third-order valence-electron chi connectivity index (χ3n) is 4.19. The van der Waals surface area contributed by atoms with Crippen LogP contribution in [0.4, 0.5) is 11.4 Å². The van der Waals surface area contributed by atoms with Gasteiger partial charge in [0.25, 0.3) is 11.6 Å². The third-order valence-corrected chi connectivity index (χ3v) is 4.39. The number of rotatable bonds is 7. The Morgan fingerprint density at radius 3 is 2.40 bits per heavy atom. The molecule has 0 aromatic heterocycles. The second kappa shape index (κ2) is 10.8. The average molecular weight is 426 g/mol. The first-order chi connectivity index (χ1) is 14.3. The fourth-order valence-corrected chi connectivity index (χ4v) is 2.84. The van der Waals surface area contributed by atoms with Crippen LogP contribution >= 0.6 is 12.2 Å². The van der Waals surface area contributed by atoms with Crippen LogP contribution in [0.1, 0.15) is 29.8 Å². The number of carbonyl (C=O) groups excluding carboxylic acids is 2. The summed E-state index contributed by atoms with van der Waals surface area (Å²) in [5, 5.41) is 16.1. The highest BCUT2D eigenvalue weighted by Gasteiger charge is 2.13. The van der Waals surface area contributed by atoms with Crippen LogP contribution in [-0.4, -0.2) is 39.8 Å². The van der Waals surface area contributed by atoms with Gasteiger partial charge in [-0.3, -0.25) is 25.0 Å². The topological polar surface area (TPSA) is 105 Å². The zero-order valence-electron chi connectivity index (χ0n) is 16.6. The van der Waals surface area contributed by atoms with Gasteiger partial charge in [0.15, 0.2) is 5.11 Å². The molecule has 0 spiro atoms. The van der Waals surface area contributed by atoms with Crippen molar-refractivity contribution in [3.8, 4) is 0 Å². The van der Waals surface area contributed by atoms with Gasteiger partial charge in [-0.25, -0.2) is 0 Å². The zero-order valence-corrected chi connectivity index (χ0v) is 17.4. The number of benzene rings is 2. The van der Waals surface area contributed by atoms with E-state index in [4.69, 9.17) is 12.2 Å². The fourth-order valence-electron chi connectivity index (χ4n) is 2.62. The molecule has 2 N–H and O–H groups in total. The molecule has 156 valence electrons. The van der Waals surface area contributed by atoms with Crippen LogP contribution in [-0.2, 0) is 4.79 Å². The molecule has 0 unspecified atom stereocenters. The predicted molar refractivity (Wildman–Crippen MR) is 120 cm³/mol. The summed E-state index contributed by atoms with van der Waals surface area (Å²) >= 11 is 5.15. The van der Waals surface area contributed by atoms with Gasteiger partial charge < -0.3 is 10.2 Å². The van der Waals surface area contributed by atoms with E-state index in [0.717, 1.165) is 0 Å². The summed E-state index contributed by atoms with van der Waals surface area (Å²) in [6.07, 6.45) is 2.79. The number of nitro benzene ring substituents is 1. The Bertz CT molecular complexity index is 969. The van der Waals surface area contributed by atoms with Gasteiger partial charge in [0.1, 0.15) is 0 Å². The number of nitrogens with one attached hydrogen (secondary N) is 2. The predicted octanol–water partition coefficient (Wildman–Crippen LogP) is 3.60. The molecular formula is C21H22N4O4S. The summed E-state index contributed by atoms with van der Waals surface area (Å²) in [6, 6.07) is 12.7. The summed E-state index contributed by atoms with van der Waals surface area (Å²) in [5.74, 6) is -0.536. The molecule has 0 saturated heterocycles. The summed E-state index contributed by atoms with van der Waals surface area (Å²) in [7, 11) is 0. The van der Waals surface area contributed by atoms with Gasteiger partial charge in [0.2, 0.25) is 5.91 Å². The molecule has 0 aliphatic rings. The number of amides is 2. The molecule has 0 atom stereocenters. The molecule has 2 aromatic carbocycles. The quantitative estimate of drug-likeness (QED) is 0.303. The maximum atomic E-state index is 12.5. The van der Waals surface area contributed by atoms with Crippen molar-refractivity contribution in [1.29, 1.82) is 0 Å². The SMILES string of the molecule is CCN(CC)C(=O)c1cccc(NC(=S)NC(=O)/C=C/c2ccc([N+](=O)[O-])cc2)c1. The van der Waals surface area contributed by atoms with Crippen LogP contribution in [0.2, 0.25) is 0 Å². The minimum Gasteiger partial charge on any atom is -0.339 e. The second-order valence-corrected chi connectivity index (χ2v) is 6.59. The van der Waals surface area contributed by atoms with Gasteiger partial charge in [-0.05, 0) is 68.0 Å². The molecule has 0 saturated carbocycles. The molecule has 30 heavy (non-hydrogen) atoms. The van der Waals surface area contributed by atoms with Gasteiger partial charge in [-0.2, -0.15) is 0 Å². The number of non-ortho nitro benzene ring substituents is 1. The van der Waals surface area contributed by atoms with E-state index in [2.05, 4.69) is 10.6 Å². The van der Waals surface area contributed by atoms with E-state index in [9.17, 15) is 19.7 Å². The van der Waals surface area contributed by atoms with Crippen molar-refractivity contribution in [2.45, 2.75) is 13.8 Å². The van der Waals surface area contributed by atoms with Gasteiger partial charge in [-0.15, -0.1) is 0 Å². The molecular weight excluding hydrogens is 404 g/mol. The van der Waals surface area contributed by atoms with Crippen LogP contribution in [0.25, 0.3) is 6.08 Å². The molecule has 8 nitrogen and oxygen atoms in total. The number of hydrogen-bond acceptors (Lipinski definition) is 5. The molecule has 0 aliphatic carbocycles. The molecule has 9 heteroatoms. The Morgan fingerprint density at radius 1 is 1.13 bits per heavy atom. The van der Waals surface area contributed by atoms with Crippen LogP contribution in [0.15, 0.2) is 54.6 Å². The lowest BCUT2D eigenvalue weighted by atomic mass is 10.1. The highest BCUT2D eigenvalue weighted by molar-refractivity contribution is 7.80. The summed E-state index contributed by atoms with van der Waals surface area (Å²) in [5.41, 5.74) is 1.72. The first-order valence-corrected chi connectivity index (χ1v) is 9.68. The minimum absolute atomic E-state index is 0.0244. The van der Waals surface area contributed by atoms with Crippen molar-refractivity contribution in [3.63, 3.8) is 0 Å². The molecule has 0 bridgehead atoms. The molecule has 2 rings (SSSR count). The van der Waals surface area contributed by atoms with E-state index < -0.39 is 10.8 Å². The largest absolute Gasteiger partial charge is 0.339 e. The standard InChI is InChI=1S/C21H22N4O4S/c1-3-24(4-2)20(27)16-6-5-7-17(14-16)22-21(30)23-19(26)13-10-15-8-11-18(12-9-15)25(28)29/h5-14H,3-4H2,1-2H3,(H2,22,23,26,30)/b13-10+. The number of thiocarbonyl (C=S) groups is 1. The van der Waals surface area contributed by atoms with Crippen LogP contribution < -0.4 is 10.6 Å². The van der Waals surface area contributed by atoms with Gasteiger partial charge in [-0.1, -0.05) is 6.07 Å². The monoisotopic (exact) mass is 426 g/mol. The lowest BCUT2D eigenvalue weighted by molar-refractivity contribution is -0.384. The van der Waals surface area contributed by atoms with Crippen LogP contribution in [0.5, 0.6) is 0 Å². The second-order valence-electron chi connectivity index (χ2n) is 6.18. The maximum absolute atomic E-state index is 12.5. The Morgan fingerprint density at radius 2 is 1.80 bits per heavy atom. The van der Waals surface area contributed by atoms with E-state index in [1.54, 1.807) is 29.2 Å². The summed E-state index contributed by atoms with van der Waals surface area (Å²) in [6.45, 7) is 5.06.